The van der Waals surface area contributed by atoms with Crippen LogP contribution in [-0.2, 0) is 0 Å². The van der Waals surface area contributed by atoms with Crippen molar-refractivity contribution in [3.8, 4) is 34.2 Å². The standard InChI is InChI=1S/C27H18N6/c1-4-10-28-19(7-1)22-13-16-25(31-22)17-14-23(20-8-2-5-11-29-20)33-27(17)18-15-24(32-26(16)18)21-9-3-6-12-30-21/h1-15,31-33H. The van der Waals surface area contributed by atoms with E-state index in [2.05, 4.69) is 48.1 Å². The third kappa shape index (κ3) is 2.78. The van der Waals surface area contributed by atoms with Crippen LogP contribution in [0.25, 0.3) is 66.9 Å². The van der Waals surface area contributed by atoms with Gasteiger partial charge < -0.3 is 15.0 Å². The molecule has 6 heteroatoms. The molecule has 7 rings (SSSR count). The number of hydrogen-bond donors (Lipinski definition) is 3. The van der Waals surface area contributed by atoms with Gasteiger partial charge in [-0.15, -0.1) is 0 Å². The van der Waals surface area contributed by atoms with E-state index in [4.69, 9.17) is 0 Å². The van der Waals surface area contributed by atoms with Crippen molar-refractivity contribution >= 4 is 32.7 Å². The molecule has 0 atom stereocenters. The zero-order valence-electron chi connectivity index (χ0n) is 17.5. The molecule has 0 saturated heterocycles. The van der Waals surface area contributed by atoms with Crippen LogP contribution >= 0.6 is 0 Å². The van der Waals surface area contributed by atoms with Crippen LogP contribution in [0.5, 0.6) is 0 Å². The summed E-state index contributed by atoms with van der Waals surface area (Å²) < 4.78 is 0. The number of nitrogens with one attached hydrogen (secondary N) is 3. The van der Waals surface area contributed by atoms with Crippen LogP contribution in [0, 0.1) is 0 Å². The van der Waals surface area contributed by atoms with Crippen molar-refractivity contribution in [3.05, 3.63) is 91.4 Å². The molecule has 1 aromatic carbocycles. The quantitative estimate of drug-likeness (QED) is 0.309. The Hall–Kier alpha value is -4.71. The molecule has 0 fully saturated rings. The number of aromatic nitrogens is 6. The van der Waals surface area contributed by atoms with E-state index in [1.54, 1.807) is 0 Å². The highest BCUT2D eigenvalue weighted by atomic mass is 14.8. The molecule has 0 unspecified atom stereocenters. The fourth-order valence-corrected chi connectivity index (χ4v) is 4.57. The Balaban J connectivity index is 1.57. The van der Waals surface area contributed by atoms with Gasteiger partial charge >= 0.3 is 0 Å². The molecule has 0 saturated carbocycles. The summed E-state index contributed by atoms with van der Waals surface area (Å²) >= 11 is 0. The lowest BCUT2D eigenvalue weighted by atomic mass is 10.1. The van der Waals surface area contributed by atoms with E-state index in [0.717, 1.165) is 66.9 Å². The zero-order valence-corrected chi connectivity index (χ0v) is 17.5. The first-order chi connectivity index (χ1) is 16.3. The Labute approximate surface area is 188 Å². The maximum absolute atomic E-state index is 4.54. The Morgan fingerprint density at radius 2 is 0.758 bits per heavy atom. The molecular formula is C27H18N6. The highest BCUT2D eigenvalue weighted by Crippen LogP contribution is 2.39. The number of H-pyrrole nitrogens is 3. The van der Waals surface area contributed by atoms with Crippen LogP contribution in [-0.4, -0.2) is 29.9 Å². The smallest absolute Gasteiger partial charge is 0.0864 e. The number of nitrogens with zero attached hydrogens (tertiary/aromatic N) is 3. The van der Waals surface area contributed by atoms with E-state index in [1.165, 1.54) is 0 Å². The van der Waals surface area contributed by atoms with Gasteiger partial charge in [0.2, 0.25) is 0 Å². The molecule has 6 heterocycles. The van der Waals surface area contributed by atoms with Gasteiger partial charge in [-0.2, -0.15) is 0 Å². The Morgan fingerprint density at radius 1 is 0.424 bits per heavy atom. The lowest BCUT2D eigenvalue weighted by Crippen LogP contribution is -1.80. The molecule has 0 amide bonds. The monoisotopic (exact) mass is 426 g/mol. The van der Waals surface area contributed by atoms with Gasteiger partial charge in [0.1, 0.15) is 0 Å². The van der Waals surface area contributed by atoms with Crippen molar-refractivity contribution in [3.63, 3.8) is 0 Å². The van der Waals surface area contributed by atoms with E-state index in [9.17, 15) is 0 Å². The van der Waals surface area contributed by atoms with Crippen LogP contribution < -0.4 is 0 Å². The lowest BCUT2D eigenvalue weighted by molar-refractivity contribution is 1.29. The summed E-state index contributed by atoms with van der Waals surface area (Å²) in [6.45, 7) is 0. The van der Waals surface area contributed by atoms with E-state index < -0.39 is 0 Å². The molecule has 6 aromatic heterocycles. The topological polar surface area (TPSA) is 86.0 Å². The summed E-state index contributed by atoms with van der Waals surface area (Å²) in [5, 5.41) is 3.35. The van der Waals surface area contributed by atoms with Crippen LogP contribution in [0.3, 0.4) is 0 Å². The molecule has 7 aromatic rings. The normalized spacial score (nSPS) is 11.6. The zero-order chi connectivity index (χ0) is 21.8. The van der Waals surface area contributed by atoms with Gasteiger partial charge in [0, 0.05) is 34.7 Å². The van der Waals surface area contributed by atoms with Crippen molar-refractivity contribution in [1.29, 1.82) is 0 Å². The third-order valence-electron chi connectivity index (χ3n) is 6.08. The maximum Gasteiger partial charge on any atom is 0.0864 e. The van der Waals surface area contributed by atoms with Gasteiger partial charge in [-0.05, 0) is 54.6 Å². The fourth-order valence-electron chi connectivity index (χ4n) is 4.57. The molecule has 6 nitrogen and oxygen atoms in total. The second-order valence-electron chi connectivity index (χ2n) is 8.06. The van der Waals surface area contributed by atoms with Gasteiger partial charge in [0.05, 0.1) is 50.7 Å². The number of rotatable bonds is 3. The van der Waals surface area contributed by atoms with E-state index >= 15 is 0 Å². The molecule has 0 aliphatic carbocycles. The SMILES string of the molecule is c1ccc(-c2cc3c([nH]2)c2cc(-c4ccccn4)[nH]c2c2cc(-c4ccccn4)[nH]c32)nc1. The van der Waals surface area contributed by atoms with Crippen LogP contribution in [0.2, 0.25) is 0 Å². The molecule has 0 aliphatic rings. The van der Waals surface area contributed by atoms with Crippen molar-refractivity contribution in [2.24, 2.45) is 0 Å². The van der Waals surface area contributed by atoms with Gasteiger partial charge in [-0.1, -0.05) is 18.2 Å². The highest BCUT2D eigenvalue weighted by molar-refractivity contribution is 6.24. The van der Waals surface area contributed by atoms with Crippen LogP contribution in [0.15, 0.2) is 91.4 Å². The average Bonchev–Trinajstić information content (AvgIpc) is 3.62. The van der Waals surface area contributed by atoms with Crippen molar-refractivity contribution in [1.82, 2.24) is 29.9 Å². The van der Waals surface area contributed by atoms with Gasteiger partial charge in [-0.25, -0.2) is 0 Å². The van der Waals surface area contributed by atoms with Crippen molar-refractivity contribution in [2.75, 3.05) is 0 Å². The summed E-state index contributed by atoms with van der Waals surface area (Å²) in [7, 11) is 0. The Bertz CT molecular complexity index is 1440. The molecule has 156 valence electrons. The van der Waals surface area contributed by atoms with Crippen molar-refractivity contribution < 1.29 is 0 Å². The second-order valence-corrected chi connectivity index (χ2v) is 8.06. The number of aromatic amines is 3. The molecule has 0 aliphatic heterocycles. The molecule has 0 radical (unpaired) electrons. The summed E-state index contributed by atoms with van der Waals surface area (Å²) in [6, 6.07) is 24.4. The number of pyridine rings is 3. The molecular weight excluding hydrogens is 408 g/mol. The molecule has 33 heavy (non-hydrogen) atoms. The third-order valence-corrected chi connectivity index (χ3v) is 6.08. The molecule has 3 N–H and O–H groups in total. The Morgan fingerprint density at radius 3 is 1.03 bits per heavy atom. The first-order valence-corrected chi connectivity index (χ1v) is 10.8. The highest BCUT2D eigenvalue weighted by Gasteiger charge is 2.18. The van der Waals surface area contributed by atoms with Gasteiger partial charge in [0.15, 0.2) is 0 Å². The minimum atomic E-state index is 0.909. The summed E-state index contributed by atoms with van der Waals surface area (Å²) in [5.41, 5.74) is 8.85. The first-order valence-electron chi connectivity index (χ1n) is 10.8. The average molecular weight is 426 g/mol. The minimum absolute atomic E-state index is 0.909. The summed E-state index contributed by atoms with van der Waals surface area (Å²) in [4.78, 5) is 24.5. The van der Waals surface area contributed by atoms with E-state index in [1.807, 2.05) is 73.2 Å². The largest absolute Gasteiger partial charge is 0.353 e. The summed E-state index contributed by atoms with van der Waals surface area (Å²) in [6.07, 6.45) is 5.44. The molecule has 0 bridgehead atoms. The van der Waals surface area contributed by atoms with E-state index in [0.29, 0.717) is 0 Å². The Kier molecular flexibility index (Phi) is 3.75. The lowest BCUT2D eigenvalue weighted by Gasteiger charge is -1.98. The number of fused-ring (bicyclic) bond motifs is 6. The summed E-state index contributed by atoms with van der Waals surface area (Å²) in [5.74, 6) is 0. The maximum atomic E-state index is 4.54. The number of hydrogen-bond acceptors (Lipinski definition) is 3. The minimum Gasteiger partial charge on any atom is -0.353 e. The van der Waals surface area contributed by atoms with Crippen LogP contribution in [0.1, 0.15) is 0 Å². The van der Waals surface area contributed by atoms with Crippen molar-refractivity contribution in [2.45, 2.75) is 0 Å². The van der Waals surface area contributed by atoms with E-state index in [-0.39, 0.29) is 0 Å². The molecule has 0 spiro atoms. The van der Waals surface area contributed by atoms with Gasteiger partial charge in [-0.3, -0.25) is 15.0 Å². The second kappa shape index (κ2) is 6.90. The predicted molar refractivity (Wildman–Crippen MR) is 132 cm³/mol. The first kappa shape index (κ1) is 17.9. The predicted octanol–water partition coefficient (Wildman–Crippen LogP) is 6.32. The van der Waals surface area contributed by atoms with Gasteiger partial charge in [0.25, 0.3) is 0 Å². The number of benzene rings is 1. The van der Waals surface area contributed by atoms with Crippen LogP contribution in [0.4, 0.5) is 0 Å². The fraction of sp³-hybridized carbons (Fsp3) is 0.